The number of carbonyl (C=O) groups is 1. The number of benzene rings is 1. The predicted molar refractivity (Wildman–Crippen MR) is 61.7 cm³/mol. The van der Waals surface area contributed by atoms with Gasteiger partial charge in [-0.05, 0) is 18.2 Å². The minimum Gasteiger partial charge on any atom is -0.472 e. The average Bonchev–Trinajstić information content (AvgIpc) is 2.91. The second-order valence-electron chi connectivity index (χ2n) is 3.59. The maximum absolute atomic E-state index is 12.0. The van der Waals surface area contributed by atoms with Crippen molar-refractivity contribution in [3.8, 4) is 0 Å². The monoisotopic (exact) mass is 224 g/mol. The molecular weight excluding hydrogens is 216 g/mol. The summed E-state index contributed by atoms with van der Waals surface area (Å²) in [5.74, 6) is -0.183. The number of furan rings is 1. The van der Waals surface area contributed by atoms with Gasteiger partial charge in [0.05, 0.1) is 29.1 Å². The van der Waals surface area contributed by atoms with Crippen molar-refractivity contribution in [2.75, 3.05) is 0 Å². The molecule has 82 valence electrons. The summed E-state index contributed by atoms with van der Waals surface area (Å²) >= 11 is 0. The van der Waals surface area contributed by atoms with Crippen LogP contribution in [0.3, 0.4) is 0 Å². The number of para-hydroxylation sites is 2. The summed E-state index contributed by atoms with van der Waals surface area (Å²) < 4.78 is 4.88. The topological polar surface area (TPSA) is 56.0 Å². The highest BCUT2D eigenvalue weighted by Gasteiger charge is 2.12. The maximum Gasteiger partial charge on any atom is 0.216 e. The Labute approximate surface area is 96.9 Å². The number of hydrogen-bond donors (Lipinski definition) is 0. The number of aromatic nitrogens is 2. The Kier molecular flexibility index (Phi) is 2.19. The van der Waals surface area contributed by atoms with Gasteiger partial charge >= 0.3 is 0 Å². The molecular formula is C13H8N2O2. The smallest absolute Gasteiger partial charge is 0.216 e. The lowest BCUT2D eigenvalue weighted by Crippen LogP contribution is -2.03. The number of fused-ring (bicyclic) bond motifs is 1. The van der Waals surface area contributed by atoms with E-state index in [-0.39, 0.29) is 5.78 Å². The zero-order valence-corrected chi connectivity index (χ0v) is 8.83. The summed E-state index contributed by atoms with van der Waals surface area (Å²) in [4.78, 5) is 20.5. The van der Waals surface area contributed by atoms with Gasteiger partial charge in [-0.1, -0.05) is 12.1 Å². The van der Waals surface area contributed by atoms with Crippen molar-refractivity contribution in [2.45, 2.75) is 0 Å². The third-order valence-electron chi connectivity index (χ3n) is 2.46. The first-order valence-electron chi connectivity index (χ1n) is 5.13. The number of rotatable bonds is 2. The van der Waals surface area contributed by atoms with Gasteiger partial charge in [-0.15, -0.1) is 0 Å². The third kappa shape index (κ3) is 1.69. The summed E-state index contributed by atoms with van der Waals surface area (Å²) in [6.07, 6.45) is 4.35. The summed E-state index contributed by atoms with van der Waals surface area (Å²) in [7, 11) is 0. The van der Waals surface area contributed by atoms with Gasteiger partial charge in [-0.2, -0.15) is 0 Å². The number of carbonyl (C=O) groups excluding carboxylic acids is 1. The first-order valence-corrected chi connectivity index (χ1v) is 5.13. The number of ketones is 1. The van der Waals surface area contributed by atoms with Gasteiger partial charge in [0, 0.05) is 0 Å². The fourth-order valence-electron chi connectivity index (χ4n) is 1.61. The van der Waals surface area contributed by atoms with Crippen molar-refractivity contribution in [1.82, 2.24) is 9.97 Å². The minimum atomic E-state index is -0.183. The summed E-state index contributed by atoms with van der Waals surface area (Å²) in [5, 5.41) is 0. The Bertz CT molecular complexity index is 675. The predicted octanol–water partition coefficient (Wildman–Crippen LogP) is 2.45. The highest BCUT2D eigenvalue weighted by Crippen LogP contribution is 2.12. The van der Waals surface area contributed by atoms with E-state index in [1.807, 2.05) is 24.3 Å². The molecule has 0 aliphatic carbocycles. The van der Waals surface area contributed by atoms with Crippen LogP contribution in [-0.4, -0.2) is 15.8 Å². The molecule has 0 aliphatic heterocycles. The van der Waals surface area contributed by atoms with Crippen LogP contribution >= 0.6 is 0 Å². The van der Waals surface area contributed by atoms with E-state index >= 15 is 0 Å². The van der Waals surface area contributed by atoms with Crippen molar-refractivity contribution >= 4 is 16.8 Å². The fraction of sp³-hybridized carbons (Fsp3) is 0. The van der Waals surface area contributed by atoms with Crippen molar-refractivity contribution in [2.24, 2.45) is 0 Å². The largest absolute Gasteiger partial charge is 0.472 e. The average molecular weight is 224 g/mol. The standard InChI is InChI=1S/C13H8N2O2/c16-13(9-5-6-17-8-9)12-7-14-10-3-1-2-4-11(10)15-12/h1-8H. The zero-order valence-electron chi connectivity index (χ0n) is 8.83. The molecule has 0 unspecified atom stereocenters. The van der Waals surface area contributed by atoms with Crippen LogP contribution in [-0.2, 0) is 0 Å². The summed E-state index contributed by atoms with van der Waals surface area (Å²) in [6, 6.07) is 9.04. The molecule has 0 saturated carbocycles. The minimum absolute atomic E-state index is 0.183. The molecule has 4 nitrogen and oxygen atoms in total. The first-order chi connectivity index (χ1) is 8.34. The van der Waals surface area contributed by atoms with E-state index in [1.165, 1.54) is 18.7 Å². The summed E-state index contributed by atoms with van der Waals surface area (Å²) in [5.41, 5.74) is 2.29. The van der Waals surface area contributed by atoms with Crippen LogP contribution in [0.2, 0.25) is 0 Å². The van der Waals surface area contributed by atoms with E-state index in [0.29, 0.717) is 16.8 Å². The number of hydrogen-bond acceptors (Lipinski definition) is 4. The molecule has 0 aliphatic rings. The van der Waals surface area contributed by atoms with Gasteiger partial charge in [-0.25, -0.2) is 4.98 Å². The van der Waals surface area contributed by atoms with Gasteiger partial charge in [0.15, 0.2) is 0 Å². The van der Waals surface area contributed by atoms with Crippen LogP contribution in [0.4, 0.5) is 0 Å². The van der Waals surface area contributed by atoms with Crippen LogP contribution in [0.15, 0.2) is 53.5 Å². The molecule has 17 heavy (non-hydrogen) atoms. The van der Waals surface area contributed by atoms with Crippen LogP contribution in [0.5, 0.6) is 0 Å². The molecule has 1 aromatic carbocycles. The Morgan fingerprint density at radius 2 is 1.94 bits per heavy atom. The van der Waals surface area contributed by atoms with E-state index in [1.54, 1.807) is 6.07 Å². The van der Waals surface area contributed by atoms with Crippen molar-refractivity contribution in [3.05, 3.63) is 60.3 Å². The van der Waals surface area contributed by atoms with Gasteiger partial charge < -0.3 is 4.42 Å². The SMILES string of the molecule is O=C(c1ccoc1)c1cnc2ccccc2n1. The van der Waals surface area contributed by atoms with E-state index < -0.39 is 0 Å². The highest BCUT2D eigenvalue weighted by atomic mass is 16.3. The maximum atomic E-state index is 12.0. The van der Waals surface area contributed by atoms with Crippen LogP contribution < -0.4 is 0 Å². The molecule has 2 aromatic heterocycles. The summed E-state index contributed by atoms with van der Waals surface area (Å²) in [6.45, 7) is 0. The molecule has 0 bridgehead atoms. The molecule has 0 saturated heterocycles. The molecule has 0 radical (unpaired) electrons. The third-order valence-corrected chi connectivity index (χ3v) is 2.46. The van der Waals surface area contributed by atoms with Crippen LogP contribution in [0.25, 0.3) is 11.0 Å². The van der Waals surface area contributed by atoms with E-state index in [0.717, 1.165) is 5.52 Å². The van der Waals surface area contributed by atoms with Gasteiger partial charge in [0.25, 0.3) is 0 Å². The Morgan fingerprint density at radius 1 is 1.12 bits per heavy atom. The van der Waals surface area contributed by atoms with E-state index in [4.69, 9.17) is 4.42 Å². The van der Waals surface area contributed by atoms with Crippen molar-refractivity contribution in [3.63, 3.8) is 0 Å². The van der Waals surface area contributed by atoms with Gasteiger partial charge in [0.2, 0.25) is 5.78 Å². The molecule has 3 aromatic rings. The van der Waals surface area contributed by atoms with Crippen LogP contribution in [0, 0.1) is 0 Å². The quantitative estimate of drug-likeness (QED) is 0.627. The molecule has 4 heteroatoms. The molecule has 0 amide bonds. The van der Waals surface area contributed by atoms with Crippen molar-refractivity contribution < 1.29 is 9.21 Å². The molecule has 0 fully saturated rings. The lowest BCUT2D eigenvalue weighted by atomic mass is 10.1. The second-order valence-corrected chi connectivity index (χ2v) is 3.59. The van der Waals surface area contributed by atoms with Crippen LogP contribution in [0.1, 0.15) is 16.1 Å². The highest BCUT2D eigenvalue weighted by molar-refractivity contribution is 6.07. The van der Waals surface area contributed by atoms with Gasteiger partial charge in [-0.3, -0.25) is 9.78 Å². The fourth-order valence-corrected chi connectivity index (χ4v) is 1.61. The second kappa shape index (κ2) is 3.83. The van der Waals surface area contributed by atoms with Crippen molar-refractivity contribution in [1.29, 1.82) is 0 Å². The molecule has 0 spiro atoms. The Balaban J connectivity index is 2.09. The molecule has 2 heterocycles. The normalized spacial score (nSPS) is 10.6. The molecule has 0 atom stereocenters. The molecule has 3 rings (SSSR count). The lowest BCUT2D eigenvalue weighted by Gasteiger charge is -1.99. The number of nitrogens with zero attached hydrogens (tertiary/aromatic N) is 2. The van der Waals surface area contributed by atoms with Gasteiger partial charge in [0.1, 0.15) is 12.0 Å². The van der Waals surface area contributed by atoms with E-state index in [9.17, 15) is 4.79 Å². The lowest BCUT2D eigenvalue weighted by molar-refractivity contribution is 0.103. The Morgan fingerprint density at radius 3 is 2.71 bits per heavy atom. The van der Waals surface area contributed by atoms with E-state index in [2.05, 4.69) is 9.97 Å². The zero-order chi connectivity index (χ0) is 11.7. The molecule has 0 N–H and O–H groups in total. The Hall–Kier alpha value is -2.49. The first kappa shape index (κ1) is 9.72.